The summed E-state index contributed by atoms with van der Waals surface area (Å²) in [6.45, 7) is 2.78. The van der Waals surface area contributed by atoms with Crippen LogP contribution >= 0.6 is 12.4 Å². The SMILES string of the molecule is Cl.O=C(CCc1ccccc1OC(F)(F)F)N1CCCC(N2CCNCC2=O)C1. The molecule has 0 saturated carbocycles. The van der Waals surface area contributed by atoms with E-state index in [0.717, 1.165) is 19.4 Å². The summed E-state index contributed by atoms with van der Waals surface area (Å²) in [5.41, 5.74) is 0.346. The molecule has 2 amide bonds. The molecule has 0 aliphatic carbocycles. The summed E-state index contributed by atoms with van der Waals surface area (Å²) in [5, 5.41) is 3.03. The Labute approximate surface area is 173 Å². The van der Waals surface area contributed by atoms with Crippen molar-refractivity contribution in [2.24, 2.45) is 0 Å². The minimum atomic E-state index is -4.77. The number of amides is 2. The molecule has 29 heavy (non-hydrogen) atoms. The predicted molar refractivity (Wildman–Crippen MR) is 103 cm³/mol. The van der Waals surface area contributed by atoms with Crippen molar-refractivity contribution in [2.45, 2.75) is 38.1 Å². The van der Waals surface area contributed by atoms with Gasteiger partial charge in [-0.25, -0.2) is 0 Å². The average molecular weight is 436 g/mol. The van der Waals surface area contributed by atoms with Crippen LogP contribution in [0.25, 0.3) is 0 Å². The Balaban J connectivity index is 0.00000300. The maximum absolute atomic E-state index is 12.6. The Bertz CT molecular complexity index is 717. The number of benzene rings is 1. The fourth-order valence-corrected chi connectivity index (χ4v) is 3.78. The number of hydrogen-bond donors (Lipinski definition) is 1. The molecule has 1 unspecified atom stereocenters. The molecule has 1 aromatic carbocycles. The monoisotopic (exact) mass is 435 g/mol. The van der Waals surface area contributed by atoms with E-state index in [0.29, 0.717) is 31.7 Å². The van der Waals surface area contributed by atoms with Crippen LogP contribution in [-0.2, 0) is 16.0 Å². The van der Waals surface area contributed by atoms with E-state index < -0.39 is 6.36 Å². The number of hydrogen-bond acceptors (Lipinski definition) is 4. The maximum atomic E-state index is 12.6. The Kier molecular flexibility index (Phi) is 8.15. The number of piperidine rings is 1. The number of nitrogens with one attached hydrogen (secondary N) is 1. The molecule has 0 spiro atoms. The normalized spacial score (nSPS) is 20.2. The third-order valence-electron chi connectivity index (χ3n) is 5.12. The lowest BCUT2D eigenvalue weighted by molar-refractivity contribution is -0.274. The first-order valence-electron chi connectivity index (χ1n) is 9.45. The highest BCUT2D eigenvalue weighted by molar-refractivity contribution is 5.85. The van der Waals surface area contributed by atoms with E-state index in [9.17, 15) is 22.8 Å². The van der Waals surface area contributed by atoms with Gasteiger partial charge >= 0.3 is 6.36 Å². The van der Waals surface area contributed by atoms with Crippen LogP contribution in [0, 0.1) is 0 Å². The van der Waals surface area contributed by atoms with Crippen LogP contribution in [0.3, 0.4) is 0 Å². The minimum absolute atomic E-state index is 0. The molecule has 2 aliphatic heterocycles. The van der Waals surface area contributed by atoms with Crippen molar-refractivity contribution < 1.29 is 27.5 Å². The third-order valence-corrected chi connectivity index (χ3v) is 5.12. The summed E-state index contributed by atoms with van der Waals surface area (Å²) in [6.07, 6.45) is -2.84. The number of aryl methyl sites for hydroxylation is 1. The van der Waals surface area contributed by atoms with Crippen molar-refractivity contribution >= 4 is 24.2 Å². The average Bonchev–Trinajstić information content (AvgIpc) is 2.66. The lowest BCUT2D eigenvalue weighted by atomic mass is 10.0. The van der Waals surface area contributed by atoms with Crippen LogP contribution in [0.5, 0.6) is 5.75 Å². The smallest absolute Gasteiger partial charge is 0.406 e. The zero-order valence-corrected chi connectivity index (χ0v) is 16.7. The summed E-state index contributed by atoms with van der Waals surface area (Å²) >= 11 is 0. The second kappa shape index (κ2) is 10.2. The van der Waals surface area contributed by atoms with Gasteiger partial charge in [-0.1, -0.05) is 18.2 Å². The number of halogens is 4. The van der Waals surface area contributed by atoms with Crippen LogP contribution in [-0.4, -0.2) is 66.7 Å². The minimum Gasteiger partial charge on any atom is -0.406 e. The second-order valence-electron chi connectivity index (χ2n) is 7.06. The zero-order valence-electron chi connectivity index (χ0n) is 15.9. The predicted octanol–water partition coefficient (Wildman–Crippen LogP) is 2.36. The van der Waals surface area contributed by atoms with E-state index in [1.165, 1.54) is 18.2 Å². The van der Waals surface area contributed by atoms with Crippen molar-refractivity contribution in [3.63, 3.8) is 0 Å². The topological polar surface area (TPSA) is 61.9 Å². The van der Waals surface area contributed by atoms with Crippen LogP contribution < -0.4 is 10.1 Å². The number of ether oxygens (including phenoxy) is 1. The third kappa shape index (κ3) is 6.50. The van der Waals surface area contributed by atoms with E-state index >= 15 is 0 Å². The summed E-state index contributed by atoms with van der Waals surface area (Å²) in [5.74, 6) is -0.344. The van der Waals surface area contributed by atoms with Crippen molar-refractivity contribution in [3.05, 3.63) is 29.8 Å². The van der Waals surface area contributed by atoms with Crippen molar-refractivity contribution in [2.75, 3.05) is 32.7 Å². The number of likely N-dealkylation sites (tertiary alicyclic amines) is 1. The highest BCUT2D eigenvalue weighted by atomic mass is 35.5. The molecule has 0 aromatic heterocycles. The molecular weight excluding hydrogens is 411 g/mol. The first kappa shape index (κ1) is 23.3. The molecule has 2 saturated heterocycles. The van der Waals surface area contributed by atoms with Crippen molar-refractivity contribution in [1.82, 2.24) is 15.1 Å². The Morgan fingerprint density at radius 3 is 2.72 bits per heavy atom. The Morgan fingerprint density at radius 1 is 1.24 bits per heavy atom. The van der Waals surface area contributed by atoms with E-state index in [1.54, 1.807) is 11.0 Å². The number of alkyl halides is 3. The molecule has 2 heterocycles. The van der Waals surface area contributed by atoms with Gasteiger partial charge in [0.2, 0.25) is 11.8 Å². The molecule has 0 radical (unpaired) electrons. The van der Waals surface area contributed by atoms with Crippen LogP contribution in [0.15, 0.2) is 24.3 Å². The number of carbonyl (C=O) groups is 2. The first-order valence-corrected chi connectivity index (χ1v) is 9.45. The highest BCUT2D eigenvalue weighted by Gasteiger charge is 2.33. The van der Waals surface area contributed by atoms with E-state index in [4.69, 9.17) is 0 Å². The first-order chi connectivity index (χ1) is 13.3. The Morgan fingerprint density at radius 2 is 2.00 bits per heavy atom. The molecule has 3 rings (SSSR count). The number of nitrogens with zero attached hydrogens (tertiary/aromatic N) is 2. The summed E-state index contributed by atoms with van der Waals surface area (Å²) < 4.78 is 41.6. The number of piperazine rings is 1. The standard InChI is InChI=1S/C19H24F3N3O3.ClH/c20-19(21,22)28-16-6-2-1-4-14(16)7-8-17(26)24-10-3-5-15(13-24)25-11-9-23-12-18(25)27;/h1-2,4,6,15,23H,3,5,7-13H2;1H. The van der Waals surface area contributed by atoms with Gasteiger partial charge in [0.25, 0.3) is 0 Å². The summed E-state index contributed by atoms with van der Waals surface area (Å²) in [6, 6.07) is 5.88. The van der Waals surface area contributed by atoms with Gasteiger partial charge in [-0.3, -0.25) is 9.59 Å². The van der Waals surface area contributed by atoms with Crippen molar-refractivity contribution in [3.8, 4) is 5.75 Å². The molecule has 1 N–H and O–H groups in total. The van der Waals surface area contributed by atoms with Gasteiger partial charge in [-0.15, -0.1) is 25.6 Å². The molecule has 6 nitrogen and oxygen atoms in total. The van der Waals surface area contributed by atoms with E-state index in [-0.39, 0.29) is 48.9 Å². The van der Waals surface area contributed by atoms with Gasteiger partial charge in [0.05, 0.1) is 6.54 Å². The van der Waals surface area contributed by atoms with Crippen LogP contribution in [0.4, 0.5) is 13.2 Å². The Hall–Kier alpha value is -2.00. The highest BCUT2D eigenvalue weighted by Crippen LogP contribution is 2.27. The molecular formula is C19H25ClF3N3O3. The number of rotatable bonds is 5. The largest absolute Gasteiger partial charge is 0.573 e. The van der Waals surface area contributed by atoms with E-state index in [1.807, 2.05) is 4.90 Å². The van der Waals surface area contributed by atoms with Gasteiger partial charge in [-0.05, 0) is 30.9 Å². The molecule has 1 atom stereocenters. The molecule has 10 heteroatoms. The lowest BCUT2D eigenvalue weighted by Crippen LogP contribution is -2.57. The molecule has 0 bridgehead atoms. The van der Waals surface area contributed by atoms with Gasteiger partial charge in [-0.2, -0.15) is 0 Å². The van der Waals surface area contributed by atoms with E-state index in [2.05, 4.69) is 10.1 Å². The van der Waals surface area contributed by atoms with Gasteiger partial charge in [0.15, 0.2) is 0 Å². The lowest BCUT2D eigenvalue weighted by Gasteiger charge is -2.41. The number of carbonyl (C=O) groups excluding carboxylic acids is 2. The van der Waals surface area contributed by atoms with Crippen molar-refractivity contribution in [1.29, 1.82) is 0 Å². The second-order valence-corrected chi connectivity index (χ2v) is 7.06. The fraction of sp³-hybridized carbons (Fsp3) is 0.579. The van der Waals surface area contributed by atoms with Gasteiger partial charge in [0.1, 0.15) is 5.75 Å². The molecule has 2 fully saturated rings. The molecule has 2 aliphatic rings. The van der Waals surface area contributed by atoms with Crippen LogP contribution in [0.2, 0.25) is 0 Å². The molecule has 1 aromatic rings. The van der Waals surface area contributed by atoms with Gasteiger partial charge in [0, 0.05) is 38.6 Å². The fourth-order valence-electron chi connectivity index (χ4n) is 3.78. The number of para-hydroxylation sites is 1. The molecule has 162 valence electrons. The zero-order chi connectivity index (χ0) is 20.1. The van der Waals surface area contributed by atoms with Crippen LogP contribution in [0.1, 0.15) is 24.8 Å². The maximum Gasteiger partial charge on any atom is 0.573 e. The summed E-state index contributed by atoms with van der Waals surface area (Å²) in [7, 11) is 0. The van der Waals surface area contributed by atoms with Gasteiger partial charge < -0.3 is 19.9 Å². The summed E-state index contributed by atoms with van der Waals surface area (Å²) in [4.78, 5) is 28.3. The quantitative estimate of drug-likeness (QED) is 0.771.